The predicted octanol–water partition coefficient (Wildman–Crippen LogP) is 5.10. The van der Waals surface area contributed by atoms with Gasteiger partial charge in [0.2, 0.25) is 5.91 Å². The zero-order valence-electron chi connectivity index (χ0n) is 17.0. The van der Waals surface area contributed by atoms with Gasteiger partial charge in [-0.2, -0.15) is 0 Å². The Hall–Kier alpha value is -3.38. The van der Waals surface area contributed by atoms with E-state index in [0.29, 0.717) is 22.6 Å². The first kappa shape index (κ1) is 20.9. The number of fused-ring (bicyclic) bond motifs is 1. The molecule has 1 amide bonds. The minimum absolute atomic E-state index is 0.0806. The molecule has 0 fully saturated rings. The average Bonchev–Trinajstić information content (AvgIpc) is 3.17. The number of carbonyl (C=O) groups excluding carboxylic acids is 1. The molecule has 4 aromatic rings. The standard InChI is InChI=1S/C25H24N2O3S/c28-25(15-7-9-20-17-26-24-14-5-4-13-23(20)24)27-21-10-6-8-19(16-21)18-31(29,30)22-11-2-1-3-12-22/h1-6,8,10-14,16-17,26H,7,9,15,18H2,(H,27,28). The third-order valence-corrected chi connectivity index (χ3v) is 6.90. The summed E-state index contributed by atoms with van der Waals surface area (Å²) < 4.78 is 25.2. The number of aryl methyl sites for hydroxylation is 1. The minimum Gasteiger partial charge on any atom is -0.361 e. The number of aromatic amines is 1. The Morgan fingerprint density at radius 3 is 2.52 bits per heavy atom. The van der Waals surface area contributed by atoms with Crippen LogP contribution in [0.1, 0.15) is 24.0 Å². The fourth-order valence-electron chi connectivity index (χ4n) is 3.67. The van der Waals surface area contributed by atoms with Crippen molar-refractivity contribution >= 4 is 32.3 Å². The normalized spacial score (nSPS) is 11.5. The first-order chi connectivity index (χ1) is 15.0. The van der Waals surface area contributed by atoms with Crippen molar-refractivity contribution in [3.05, 3.63) is 96.2 Å². The first-order valence-electron chi connectivity index (χ1n) is 10.2. The first-order valence-corrected chi connectivity index (χ1v) is 11.9. The number of H-pyrrole nitrogens is 1. The molecule has 6 heteroatoms. The van der Waals surface area contributed by atoms with Crippen LogP contribution < -0.4 is 5.32 Å². The summed E-state index contributed by atoms with van der Waals surface area (Å²) in [6, 6.07) is 23.5. The summed E-state index contributed by atoms with van der Waals surface area (Å²) in [5.74, 6) is -0.190. The van der Waals surface area contributed by atoms with Gasteiger partial charge in [-0.05, 0) is 54.3 Å². The summed E-state index contributed by atoms with van der Waals surface area (Å²) in [6.07, 6.45) is 3.94. The zero-order chi connectivity index (χ0) is 21.7. The molecular formula is C25H24N2O3S. The molecule has 0 bridgehead atoms. The summed E-state index contributed by atoms with van der Waals surface area (Å²) in [4.78, 5) is 15.9. The van der Waals surface area contributed by atoms with Gasteiger partial charge in [-0.15, -0.1) is 0 Å². The van der Waals surface area contributed by atoms with Gasteiger partial charge >= 0.3 is 0 Å². The fourth-order valence-corrected chi connectivity index (χ4v) is 5.03. The third-order valence-electron chi connectivity index (χ3n) is 5.19. The van der Waals surface area contributed by atoms with Gasteiger partial charge < -0.3 is 10.3 Å². The van der Waals surface area contributed by atoms with Crippen LogP contribution in [0.4, 0.5) is 5.69 Å². The Labute approximate surface area is 182 Å². The number of rotatable bonds is 8. The lowest BCUT2D eigenvalue weighted by molar-refractivity contribution is -0.116. The van der Waals surface area contributed by atoms with Crippen LogP contribution in [0.3, 0.4) is 0 Å². The zero-order valence-corrected chi connectivity index (χ0v) is 17.9. The lowest BCUT2D eigenvalue weighted by atomic mass is 10.1. The third kappa shape index (κ3) is 5.22. The SMILES string of the molecule is O=C(CCCc1c[nH]c2ccccc12)Nc1cccc(CS(=O)(=O)c2ccccc2)c1. The van der Waals surface area contributed by atoms with Crippen LogP contribution in [-0.4, -0.2) is 19.3 Å². The number of anilines is 1. The van der Waals surface area contributed by atoms with Crippen molar-refractivity contribution in [2.45, 2.75) is 29.9 Å². The van der Waals surface area contributed by atoms with Crippen molar-refractivity contribution < 1.29 is 13.2 Å². The lowest BCUT2D eigenvalue weighted by Gasteiger charge is -2.09. The lowest BCUT2D eigenvalue weighted by Crippen LogP contribution is -2.12. The maximum absolute atomic E-state index is 12.6. The van der Waals surface area contributed by atoms with E-state index in [4.69, 9.17) is 0 Å². The van der Waals surface area contributed by atoms with Crippen LogP contribution in [0.15, 0.2) is 90.0 Å². The fraction of sp³-hybridized carbons (Fsp3) is 0.160. The molecule has 0 aliphatic heterocycles. The molecule has 1 aromatic heterocycles. The summed E-state index contributed by atoms with van der Waals surface area (Å²) in [5, 5.41) is 4.07. The van der Waals surface area contributed by atoms with Crippen LogP contribution in [-0.2, 0) is 26.8 Å². The van der Waals surface area contributed by atoms with Crippen molar-refractivity contribution in [2.75, 3.05) is 5.32 Å². The van der Waals surface area contributed by atoms with Crippen LogP contribution in [0, 0.1) is 0 Å². The van der Waals surface area contributed by atoms with E-state index in [2.05, 4.69) is 16.4 Å². The number of nitrogens with one attached hydrogen (secondary N) is 2. The number of amides is 1. The van der Waals surface area contributed by atoms with Gasteiger partial charge in [0.05, 0.1) is 10.6 Å². The molecule has 0 radical (unpaired) electrons. The van der Waals surface area contributed by atoms with Gasteiger partial charge in [0.1, 0.15) is 0 Å². The Kier molecular flexibility index (Phi) is 6.18. The van der Waals surface area contributed by atoms with Crippen LogP contribution in [0.25, 0.3) is 10.9 Å². The summed E-state index contributed by atoms with van der Waals surface area (Å²) in [5.41, 5.74) is 3.55. The molecule has 5 nitrogen and oxygen atoms in total. The molecular weight excluding hydrogens is 408 g/mol. The molecule has 0 aliphatic carbocycles. The van der Waals surface area contributed by atoms with Crippen molar-refractivity contribution in [3.63, 3.8) is 0 Å². The van der Waals surface area contributed by atoms with Gasteiger partial charge in [-0.3, -0.25) is 4.79 Å². The maximum Gasteiger partial charge on any atom is 0.224 e. The van der Waals surface area contributed by atoms with Gasteiger partial charge in [0.25, 0.3) is 0 Å². The summed E-state index contributed by atoms with van der Waals surface area (Å²) in [6.45, 7) is 0. The van der Waals surface area contributed by atoms with E-state index in [9.17, 15) is 13.2 Å². The molecule has 0 spiro atoms. The van der Waals surface area contributed by atoms with Crippen molar-refractivity contribution in [1.82, 2.24) is 4.98 Å². The molecule has 31 heavy (non-hydrogen) atoms. The smallest absolute Gasteiger partial charge is 0.224 e. The number of benzene rings is 3. The van der Waals surface area contributed by atoms with E-state index >= 15 is 0 Å². The minimum atomic E-state index is -3.43. The van der Waals surface area contributed by atoms with E-state index in [1.165, 1.54) is 10.9 Å². The van der Waals surface area contributed by atoms with Gasteiger partial charge in [-0.25, -0.2) is 8.42 Å². The highest BCUT2D eigenvalue weighted by Crippen LogP contribution is 2.21. The van der Waals surface area contributed by atoms with Gasteiger partial charge in [0.15, 0.2) is 9.84 Å². The number of carbonyl (C=O) groups is 1. The highest BCUT2D eigenvalue weighted by molar-refractivity contribution is 7.90. The summed E-state index contributed by atoms with van der Waals surface area (Å²) >= 11 is 0. The monoisotopic (exact) mass is 432 g/mol. The second kappa shape index (κ2) is 9.18. The quantitative estimate of drug-likeness (QED) is 0.406. The topological polar surface area (TPSA) is 79.0 Å². The van der Waals surface area contributed by atoms with E-state index in [-0.39, 0.29) is 11.7 Å². The number of hydrogen-bond acceptors (Lipinski definition) is 3. The van der Waals surface area contributed by atoms with Gasteiger partial charge in [-0.1, -0.05) is 48.5 Å². The Morgan fingerprint density at radius 2 is 1.68 bits per heavy atom. The highest BCUT2D eigenvalue weighted by atomic mass is 32.2. The second-order valence-corrected chi connectivity index (χ2v) is 9.52. The van der Waals surface area contributed by atoms with Crippen LogP contribution in [0.5, 0.6) is 0 Å². The van der Waals surface area contributed by atoms with E-state index < -0.39 is 9.84 Å². The molecule has 3 aromatic carbocycles. The van der Waals surface area contributed by atoms with E-state index in [1.54, 1.807) is 54.6 Å². The molecule has 0 atom stereocenters. The molecule has 2 N–H and O–H groups in total. The van der Waals surface area contributed by atoms with E-state index in [1.807, 2.05) is 24.4 Å². The number of para-hydroxylation sites is 1. The number of sulfone groups is 1. The summed E-state index contributed by atoms with van der Waals surface area (Å²) in [7, 11) is -3.43. The maximum atomic E-state index is 12.6. The van der Waals surface area contributed by atoms with Crippen LogP contribution in [0.2, 0.25) is 0 Å². The number of aromatic nitrogens is 1. The second-order valence-electron chi connectivity index (χ2n) is 7.53. The van der Waals surface area contributed by atoms with Crippen molar-refractivity contribution in [1.29, 1.82) is 0 Å². The predicted molar refractivity (Wildman–Crippen MR) is 124 cm³/mol. The molecule has 4 rings (SSSR count). The van der Waals surface area contributed by atoms with Crippen LogP contribution >= 0.6 is 0 Å². The molecule has 1 heterocycles. The average molecular weight is 433 g/mol. The largest absolute Gasteiger partial charge is 0.361 e. The van der Waals surface area contributed by atoms with Gasteiger partial charge in [0, 0.05) is 29.2 Å². The Bertz CT molecular complexity index is 1290. The number of hydrogen-bond donors (Lipinski definition) is 2. The van der Waals surface area contributed by atoms with Crippen molar-refractivity contribution in [2.24, 2.45) is 0 Å². The highest BCUT2D eigenvalue weighted by Gasteiger charge is 2.15. The molecule has 0 unspecified atom stereocenters. The molecule has 0 aliphatic rings. The molecule has 0 saturated heterocycles. The van der Waals surface area contributed by atoms with Crippen molar-refractivity contribution in [3.8, 4) is 0 Å². The molecule has 0 saturated carbocycles. The van der Waals surface area contributed by atoms with E-state index in [0.717, 1.165) is 18.4 Å². The Balaban J connectivity index is 1.33. The molecule has 158 valence electrons. The Morgan fingerprint density at radius 1 is 0.903 bits per heavy atom.